The van der Waals surface area contributed by atoms with Gasteiger partial charge in [-0.25, -0.2) is 4.39 Å². The molecule has 0 aliphatic carbocycles. The normalized spacial score (nSPS) is 12.7. The summed E-state index contributed by atoms with van der Waals surface area (Å²) in [6.45, 7) is -0.281. The Hall–Kier alpha value is -2.37. The predicted molar refractivity (Wildman–Crippen MR) is 77.3 cm³/mol. The zero-order chi connectivity index (χ0) is 17.0. The lowest BCUT2D eigenvalue weighted by molar-refractivity contribution is -0.187. The molecule has 0 bridgehead atoms. The third-order valence-corrected chi connectivity index (χ3v) is 3.31. The van der Waals surface area contributed by atoms with Crippen LogP contribution < -0.4 is 0 Å². The van der Waals surface area contributed by atoms with Crippen LogP contribution in [0.2, 0.25) is 0 Å². The van der Waals surface area contributed by atoms with E-state index in [9.17, 15) is 22.4 Å². The van der Waals surface area contributed by atoms with Crippen LogP contribution in [-0.4, -0.2) is 18.8 Å². The Morgan fingerprint density at radius 1 is 1.13 bits per heavy atom. The largest absolute Gasteiger partial charge is 0.456 e. The van der Waals surface area contributed by atoms with Gasteiger partial charge in [-0.2, -0.15) is 13.2 Å². The molecule has 0 saturated heterocycles. The average molecular weight is 326 g/mol. The molecule has 0 heterocycles. The number of hydrogen-bond donors (Lipinski definition) is 0. The van der Waals surface area contributed by atoms with Crippen LogP contribution in [0.4, 0.5) is 17.6 Å². The van der Waals surface area contributed by atoms with E-state index in [1.54, 1.807) is 30.3 Å². The third-order valence-electron chi connectivity index (χ3n) is 3.31. The molecule has 23 heavy (non-hydrogen) atoms. The van der Waals surface area contributed by atoms with Crippen LogP contribution in [0, 0.1) is 5.82 Å². The second-order valence-corrected chi connectivity index (χ2v) is 5.05. The maximum Gasteiger partial charge on any atom is 0.422 e. The maximum atomic E-state index is 14.2. The number of hydrogen-bond acceptors (Lipinski definition) is 2. The van der Waals surface area contributed by atoms with Crippen LogP contribution in [0.3, 0.4) is 0 Å². The van der Waals surface area contributed by atoms with Crippen LogP contribution in [0.5, 0.6) is 0 Å². The Kier molecular flexibility index (Phi) is 5.03. The molecular weight excluding hydrogens is 312 g/mol. The standard InChI is InChI=1S/C17H14F4O2/c1-11(16(22)23-10-17(19,20)21)13-7-8-14(15(18)9-13)12-5-3-2-4-6-12/h2-9,11H,10H2,1H3/t11-/m1/s1. The van der Waals surface area contributed by atoms with E-state index in [1.165, 1.54) is 19.1 Å². The van der Waals surface area contributed by atoms with Crippen LogP contribution >= 0.6 is 0 Å². The average Bonchev–Trinajstić information content (AvgIpc) is 2.52. The number of rotatable bonds is 4. The molecule has 0 unspecified atom stereocenters. The minimum Gasteiger partial charge on any atom is -0.456 e. The Balaban J connectivity index is 2.15. The van der Waals surface area contributed by atoms with Gasteiger partial charge < -0.3 is 4.74 Å². The maximum absolute atomic E-state index is 14.2. The van der Waals surface area contributed by atoms with Gasteiger partial charge in [0.25, 0.3) is 0 Å². The second-order valence-electron chi connectivity index (χ2n) is 5.05. The molecule has 6 heteroatoms. The highest BCUT2D eigenvalue weighted by molar-refractivity contribution is 5.78. The van der Waals surface area contributed by atoms with Crippen molar-refractivity contribution >= 4 is 5.97 Å². The number of carbonyl (C=O) groups is 1. The first kappa shape index (κ1) is 17.0. The Labute approximate surface area is 130 Å². The van der Waals surface area contributed by atoms with Crippen molar-refractivity contribution in [1.82, 2.24) is 0 Å². The molecule has 1 atom stereocenters. The van der Waals surface area contributed by atoms with Crippen LogP contribution in [0.25, 0.3) is 11.1 Å². The summed E-state index contributed by atoms with van der Waals surface area (Å²) in [5.74, 6) is -2.59. The molecule has 0 fully saturated rings. The van der Waals surface area contributed by atoms with Crippen molar-refractivity contribution < 1.29 is 27.1 Å². The molecule has 0 aromatic heterocycles. The van der Waals surface area contributed by atoms with Gasteiger partial charge in [-0.05, 0) is 24.1 Å². The lowest BCUT2D eigenvalue weighted by Crippen LogP contribution is -2.23. The molecule has 0 aliphatic heterocycles. The zero-order valence-corrected chi connectivity index (χ0v) is 12.2. The minimum absolute atomic E-state index is 0.259. The first-order valence-electron chi connectivity index (χ1n) is 6.86. The molecule has 0 saturated carbocycles. The van der Waals surface area contributed by atoms with Crippen molar-refractivity contribution in [3.63, 3.8) is 0 Å². The monoisotopic (exact) mass is 326 g/mol. The summed E-state index contributed by atoms with van der Waals surface area (Å²) in [6.07, 6.45) is -4.59. The van der Waals surface area contributed by atoms with Gasteiger partial charge in [0.15, 0.2) is 6.61 Å². The van der Waals surface area contributed by atoms with Gasteiger partial charge in [-0.15, -0.1) is 0 Å². The fraction of sp³-hybridized carbons (Fsp3) is 0.235. The summed E-state index contributed by atoms with van der Waals surface area (Å²) in [6, 6.07) is 12.9. The van der Waals surface area contributed by atoms with E-state index < -0.39 is 30.5 Å². The van der Waals surface area contributed by atoms with Crippen molar-refractivity contribution in [3.8, 4) is 11.1 Å². The molecule has 2 nitrogen and oxygen atoms in total. The van der Waals surface area contributed by atoms with Crippen LogP contribution in [-0.2, 0) is 9.53 Å². The number of carbonyl (C=O) groups excluding carboxylic acids is 1. The fourth-order valence-corrected chi connectivity index (χ4v) is 2.07. The van der Waals surface area contributed by atoms with Gasteiger partial charge in [0.1, 0.15) is 5.82 Å². The molecular formula is C17H14F4O2. The smallest absolute Gasteiger partial charge is 0.422 e. The molecule has 2 rings (SSSR count). The van der Waals surface area contributed by atoms with Crippen molar-refractivity contribution in [2.75, 3.05) is 6.61 Å². The van der Waals surface area contributed by atoms with Gasteiger partial charge in [-0.3, -0.25) is 4.79 Å². The highest BCUT2D eigenvalue weighted by atomic mass is 19.4. The minimum atomic E-state index is -4.59. The lowest BCUT2D eigenvalue weighted by atomic mass is 9.97. The van der Waals surface area contributed by atoms with Gasteiger partial charge in [0.05, 0.1) is 5.92 Å². The van der Waals surface area contributed by atoms with Crippen LogP contribution in [0.15, 0.2) is 48.5 Å². The van der Waals surface area contributed by atoms with E-state index >= 15 is 0 Å². The number of benzene rings is 2. The van der Waals surface area contributed by atoms with E-state index in [-0.39, 0.29) is 5.56 Å². The van der Waals surface area contributed by atoms with E-state index in [4.69, 9.17) is 0 Å². The Morgan fingerprint density at radius 3 is 2.35 bits per heavy atom. The number of alkyl halides is 3. The number of halogens is 4. The van der Waals surface area contributed by atoms with Crippen molar-refractivity contribution in [2.45, 2.75) is 19.0 Å². The molecule has 0 amide bonds. The number of esters is 1. The highest BCUT2D eigenvalue weighted by Gasteiger charge is 2.31. The summed E-state index contributed by atoms with van der Waals surface area (Å²) in [5, 5.41) is 0. The van der Waals surface area contributed by atoms with Crippen molar-refractivity contribution in [3.05, 3.63) is 59.9 Å². The first-order valence-corrected chi connectivity index (χ1v) is 6.86. The van der Waals surface area contributed by atoms with Crippen LogP contribution in [0.1, 0.15) is 18.4 Å². The quantitative estimate of drug-likeness (QED) is 0.601. The fourth-order valence-electron chi connectivity index (χ4n) is 2.07. The van der Waals surface area contributed by atoms with Crippen molar-refractivity contribution in [2.24, 2.45) is 0 Å². The highest BCUT2D eigenvalue weighted by Crippen LogP contribution is 2.27. The van der Waals surface area contributed by atoms with Gasteiger partial charge in [0, 0.05) is 5.56 Å². The van der Waals surface area contributed by atoms with E-state index in [1.807, 2.05) is 0 Å². The predicted octanol–water partition coefficient (Wildman–Crippen LogP) is 4.70. The molecule has 0 aliphatic rings. The molecule has 0 radical (unpaired) electrons. The Morgan fingerprint density at radius 2 is 1.78 bits per heavy atom. The summed E-state index contributed by atoms with van der Waals surface area (Å²) in [5.41, 5.74) is 1.28. The molecule has 122 valence electrons. The Bertz CT molecular complexity index is 681. The molecule has 2 aromatic rings. The molecule has 0 spiro atoms. The summed E-state index contributed by atoms with van der Waals surface area (Å²) in [4.78, 5) is 11.6. The van der Waals surface area contributed by atoms with Crippen molar-refractivity contribution in [1.29, 1.82) is 0 Å². The molecule has 0 N–H and O–H groups in total. The van der Waals surface area contributed by atoms with Gasteiger partial charge >= 0.3 is 12.1 Å². The van der Waals surface area contributed by atoms with Gasteiger partial charge in [-0.1, -0.05) is 42.5 Å². The van der Waals surface area contributed by atoms with E-state index in [2.05, 4.69) is 4.74 Å². The second kappa shape index (κ2) is 6.81. The zero-order valence-electron chi connectivity index (χ0n) is 12.2. The van der Waals surface area contributed by atoms with E-state index in [0.717, 1.165) is 6.07 Å². The van der Waals surface area contributed by atoms with Gasteiger partial charge in [0.2, 0.25) is 0 Å². The first-order chi connectivity index (χ1) is 10.8. The third kappa shape index (κ3) is 4.55. The summed E-state index contributed by atoms with van der Waals surface area (Å²) in [7, 11) is 0. The topological polar surface area (TPSA) is 26.3 Å². The van der Waals surface area contributed by atoms with E-state index in [0.29, 0.717) is 11.1 Å². The SMILES string of the molecule is C[C@@H](C(=O)OCC(F)(F)F)c1ccc(-c2ccccc2)c(F)c1. The summed E-state index contributed by atoms with van der Waals surface area (Å²) >= 11 is 0. The lowest BCUT2D eigenvalue weighted by Gasteiger charge is -2.14. The molecule has 2 aromatic carbocycles. The number of ether oxygens (including phenoxy) is 1. The summed E-state index contributed by atoms with van der Waals surface area (Å²) < 4.78 is 54.5.